The van der Waals surface area contributed by atoms with Crippen molar-refractivity contribution in [1.82, 2.24) is 0 Å². The van der Waals surface area contributed by atoms with Gasteiger partial charge in [-0.25, -0.2) is 0 Å². The van der Waals surface area contributed by atoms with Crippen LogP contribution in [0, 0.1) is 5.41 Å². The van der Waals surface area contributed by atoms with Gasteiger partial charge in [-0.05, 0) is 38.5 Å². The van der Waals surface area contributed by atoms with Crippen LogP contribution in [0.25, 0.3) is 0 Å². The first-order valence-corrected chi connectivity index (χ1v) is 5.57. The number of Topliss-reactive ketones (excluding diaryl/α,β-unsaturated/α-hetero) is 2. The van der Waals surface area contributed by atoms with Crippen molar-refractivity contribution < 1.29 is 9.59 Å². The van der Waals surface area contributed by atoms with Gasteiger partial charge in [0.25, 0.3) is 0 Å². The van der Waals surface area contributed by atoms with E-state index in [1.54, 1.807) is 0 Å². The Bertz CT molecular complexity index is 321. The third-order valence-electron chi connectivity index (χ3n) is 3.15. The molecule has 84 valence electrons. The van der Waals surface area contributed by atoms with E-state index in [1.807, 2.05) is 6.92 Å². The first kappa shape index (κ1) is 12.2. The highest BCUT2D eigenvalue weighted by Crippen LogP contribution is 2.40. The van der Waals surface area contributed by atoms with Crippen molar-refractivity contribution in [3.05, 3.63) is 11.1 Å². The maximum atomic E-state index is 12.0. The van der Waals surface area contributed by atoms with Crippen LogP contribution in [0.4, 0.5) is 0 Å². The van der Waals surface area contributed by atoms with Gasteiger partial charge in [-0.2, -0.15) is 0 Å². The lowest BCUT2D eigenvalue weighted by atomic mass is 9.70. The van der Waals surface area contributed by atoms with Gasteiger partial charge in [-0.1, -0.05) is 19.4 Å². The zero-order valence-corrected chi connectivity index (χ0v) is 10.1. The molecule has 0 spiro atoms. The van der Waals surface area contributed by atoms with E-state index >= 15 is 0 Å². The molecule has 0 bridgehead atoms. The van der Waals surface area contributed by atoms with Crippen molar-refractivity contribution in [3.63, 3.8) is 0 Å². The van der Waals surface area contributed by atoms with Gasteiger partial charge in [0.15, 0.2) is 5.78 Å². The number of hydrogen-bond acceptors (Lipinski definition) is 2. The molecule has 2 nitrogen and oxygen atoms in total. The summed E-state index contributed by atoms with van der Waals surface area (Å²) in [5.41, 5.74) is 2.04. The van der Waals surface area contributed by atoms with Gasteiger partial charge in [0.2, 0.25) is 0 Å². The number of allylic oxidation sites excluding steroid dienone is 2. The Hall–Kier alpha value is -0.920. The molecule has 0 fully saturated rings. The summed E-state index contributed by atoms with van der Waals surface area (Å²) in [5.74, 6) is -0.00799. The largest absolute Gasteiger partial charge is 0.300 e. The number of ketones is 2. The highest BCUT2D eigenvalue weighted by atomic mass is 16.1. The number of rotatable bonds is 3. The molecular formula is C13H20O2. The summed E-state index contributed by atoms with van der Waals surface area (Å²) in [6.07, 6.45) is 3.26. The van der Waals surface area contributed by atoms with Crippen LogP contribution >= 0.6 is 0 Å². The minimum atomic E-state index is -0.0468. The molecule has 1 rings (SSSR count). The lowest BCUT2D eigenvalue weighted by Crippen LogP contribution is -2.27. The first-order chi connectivity index (χ1) is 6.84. The Morgan fingerprint density at radius 2 is 1.93 bits per heavy atom. The Morgan fingerprint density at radius 1 is 1.33 bits per heavy atom. The number of carbonyl (C=O) groups excluding carboxylic acids is 2. The standard InChI is InChI=1S/C13H20O2/c1-9-6-5-7-13(3,4)12(9)11(15)8-10(2)14/h5-8H2,1-4H3. The van der Waals surface area contributed by atoms with Crippen molar-refractivity contribution in [2.45, 2.75) is 53.4 Å². The average molecular weight is 208 g/mol. The molecule has 0 saturated carbocycles. The Balaban J connectivity index is 2.98. The molecule has 0 N–H and O–H groups in total. The fraction of sp³-hybridized carbons (Fsp3) is 0.692. The summed E-state index contributed by atoms with van der Waals surface area (Å²) < 4.78 is 0. The smallest absolute Gasteiger partial charge is 0.166 e. The zero-order chi connectivity index (χ0) is 11.6. The highest BCUT2D eigenvalue weighted by Gasteiger charge is 2.32. The second-order valence-corrected chi connectivity index (χ2v) is 5.19. The summed E-state index contributed by atoms with van der Waals surface area (Å²) in [6.45, 7) is 7.70. The van der Waals surface area contributed by atoms with Gasteiger partial charge < -0.3 is 0 Å². The molecule has 0 aliphatic heterocycles. The molecule has 2 heteroatoms. The first-order valence-electron chi connectivity index (χ1n) is 5.57. The summed E-state index contributed by atoms with van der Waals surface area (Å²) >= 11 is 0. The Morgan fingerprint density at radius 3 is 2.40 bits per heavy atom. The van der Waals surface area contributed by atoms with E-state index in [-0.39, 0.29) is 23.4 Å². The van der Waals surface area contributed by atoms with Crippen LogP contribution in [-0.2, 0) is 9.59 Å². The maximum absolute atomic E-state index is 12.0. The van der Waals surface area contributed by atoms with E-state index in [9.17, 15) is 9.59 Å². The number of carbonyl (C=O) groups is 2. The minimum Gasteiger partial charge on any atom is -0.300 e. The van der Waals surface area contributed by atoms with Crippen LogP contribution in [0.1, 0.15) is 53.4 Å². The van der Waals surface area contributed by atoms with Crippen molar-refractivity contribution in [1.29, 1.82) is 0 Å². The molecule has 0 saturated heterocycles. The molecule has 1 aliphatic rings. The molecular weight excluding hydrogens is 188 g/mol. The predicted molar refractivity (Wildman–Crippen MR) is 60.6 cm³/mol. The third kappa shape index (κ3) is 2.77. The van der Waals surface area contributed by atoms with Crippen molar-refractivity contribution >= 4 is 11.6 Å². The van der Waals surface area contributed by atoms with Crippen LogP contribution in [0.2, 0.25) is 0 Å². The second kappa shape index (κ2) is 4.30. The van der Waals surface area contributed by atoms with Gasteiger partial charge >= 0.3 is 0 Å². The molecule has 0 amide bonds. The summed E-state index contributed by atoms with van der Waals surface area (Å²) in [7, 11) is 0. The molecule has 0 aromatic rings. The fourth-order valence-electron chi connectivity index (χ4n) is 2.55. The molecule has 0 atom stereocenters. The zero-order valence-electron chi connectivity index (χ0n) is 10.1. The lowest BCUT2D eigenvalue weighted by molar-refractivity contribution is -0.124. The van der Waals surface area contributed by atoms with Gasteiger partial charge in [0.05, 0.1) is 6.42 Å². The summed E-state index contributed by atoms with van der Waals surface area (Å²) in [5, 5.41) is 0. The summed E-state index contributed by atoms with van der Waals surface area (Å²) in [6, 6.07) is 0. The lowest BCUT2D eigenvalue weighted by Gasteiger charge is -2.33. The second-order valence-electron chi connectivity index (χ2n) is 5.19. The van der Waals surface area contributed by atoms with Gasteiger partial charge in [-0.3, -0.25) is 9.59 Å². The summed E-state index contributed by atoms with van der Waals surface area (Å²) in [4.78, 5) is 22.9. The maximum Gasteiger partial charge on any atom is 0.166 e. The molecule has 0 radical (unpaired) electrons. The van der Waals surface area contributed by atoms with E-state index < -0.39 is 0 Å². The predicted octanol–water partition coefficient (Wildman–Crippen LogP) is 3.06. The SMILES string of the molecule is CC(=O)CC(=O)C1=C(C)CCCC1(C)C. The highest BCUT2D eigenvalue weighted by molar-refractivity contribution is 6.08. The average Bonchev–Trinajstić information content (AvgIpc) is 1.99. The van der Waals surface area contributed by atoms with Gasteiger partial charge in [-0.15, -0.1) is 0 Å². The Labute approximate surface area is 91.7 Å². The van der Waals surface area contributed by atoms with Crippen molar-refractivity contribution in [2.24, 2.45) is 5.41 Å². The normalized spacial score (nSPS) is 20.3. The Kier molecular flexibility index (Phi) is 3.48. The van der Waals surface area contributed by atoms with E-state index in [1.165, 1.54) is 12.5 Å². The van der Waals surface area contributed by atoms with E-state index in [2.05, 4.69) is 13.8 Å². The topological polar surface area (TPSA) is 34.1 Å². The van der Waals surface area contributed by atoms with Gasteiger partial charge in [0.1, 0.15) is 5.78 Å². The van der Waals surface area contributed by atoms with Crippen LogP contribution < -0.4 is 0 Å². The van der Waals surface area contributed by atoms with Crippen LogP contribution in [0.5, 0.6) is 0 Å². The molecule has 0 aromatic heterocycles. The van der Waals surface area contributed by atoms with Crippen LogP contribution in [0.15, 0.2) is 11.1 Å². The fourth-order valence-corrected chi connectivity index (χ4v) is 2.55. The molecule has 0 unspecified atom stereocenters. The van der Waals surface area contributed by atoms with E-state index in [4.69, 9.17) is 0 Å². The van der Waals surface area contributed by atoms with Gasteiger partial charge in [0, 0.05) is 5.57 Å². The van der Waals surface area contributed by atoms with Crippen molar-refractivity contribution in [3.8, 4) is 0 Å². The molecule has 0 heterocycles. The monoisotopic (exact) mass is 208 g/mol. The van der Waals surface area contributed by atoms with Crippen molar-refractivity contribution in [2.75, 3.05) is 0 Å². The van der Waals surface area contributed by atoms with E-state index in [0.717, 1.165) is 24.8 Å². The van der Waals surface area contributed by atoms with Crippen LogP contribution in [0.3, 0.4) is 0 Å². The van der Waals surface area contributed by atoms with E-state index in [0.29, 0.717) is 0 Å². The molecule has 15 heavy (non-hydrogen) atoms. The third-order valence-corrected chi connectivity index (χ3v) is 3.15. The number of hydrogen-bond donors (Lipinski definition) is 0. The minimum absolute atomic E-state index is 0.0321. The van der Waals surface area contributed by atoms with Crippen LogP contribution in [-0.4, -0.2) is 11.6 Å². The molecule has 0 aromatic carbocycles. The quantitative estimate of drug-likeness (QED) is 0.668. The molecule has 1 aliphatic carbocycles.